The third kappa shape index (κ3) is 3.26. The number of nitro benzene ring substituents is 1. The Labute approximate surface area is 162 Å². The molecule has 7 heteroatoms. The number of nitro groups is 1. The van der Waals surface area contributed by atoms with Gasteiger partial charge in [-0.05, 0) is 62.6 Å². The third-order valence-corrected chi connectivity index (χ3v) is 4.86. The summed E-state index contributed by atoms with van der Waals surface area (Å²) in [7, 11) is 0. The van der Waals surface area contributed by atoms with Gasteiger partial charge in [0.1, 0.15) is 5.70 Å². The fraction of sp³-hybridized carbons (Fsp3) is 0.238. The molecule has 144 valence electrons. The van der Waals surface area contributed by atoms with Gasteiger partial charge in [-0.15, -0.1) is 0 Å². The Morgan fingerprint density at radius 3 is 2.21 bits per heavy atom. The van der Waals surface area contributed by atoms with Gasteiger partial charge in [0, 0.05) is 23.9 Å². The Hall–Kier alpha value is -3.48. The lowest BCUT2D eigenvalue weighted by atomic mass is 10.0. The SMILES string of the molecule is Cc1cccc(NC2=C(c3ccc([N+](=O)[O-])cc3)C(=O)N(C(C)C)C2=O)c1C. The zero-order valence-electron chi connectivity index (χ0n) is 16.1. The van der Waals surface area contributed by atoms with E-state index in [9.17, 15) is 19.7 Å². The van der Waals surface area contributed by atoms with Crippen LogP contribution >= 0.6 is 0 Å². The fourth-order valence-electron chi connectivity index (χ4n) is 3.17. The van der Waals surface area contributed by atoms with E-state index in [2.05, 4.69) is 5.32 Å². The van der Waals surface area contributed by atoms with E-state index in [0.29, 0.717) is 5.56 Å². The summed E-state index contributed by atoms with van der Waals surface area (Å²) in [4.78, 5) is 37.6. The lowest BCUT2D eigenvalue weighted by Gasteiger charge is -2.19. The lowest BCUT2D eigenvalue weighted by molar-refractivity contribution is -0.384. The number of non-ortho nitro benzene ring substituents is 1. The van der Waals surface area contributed by atoms with Gasteiger partial charge in [0.05, 0.1) is 10.5 Å². The Bertz CT molecular complexity index is 1010. The molecular weight excluding hydrogens is 358 g/mol. The predicted molar refractivity (Wildman–Crippen MR) is 107 cm³/mol. The van der Waals surface area contributed by atoms with Crippen LogP contribution in [0.5, 0.6) is 0 Å². The molecule has 1 aliphatic rings. The van der Waals surface area contributed by atoms with Crippen LogP contribution < -0.4 is 5.32 Å². The number of anilines is 1. The maximum Gasteiger partial charge on any atom is 0.278 e. The second kappa shape index (κ2) is 7.26. The van der Waals surface area contributed by atoms with Crippen molar-refractivity contribution >= 4 is 28.8 Å². The van der Waals surface area contributed by atoms with E-state index in [1.165, 1.54) is 29.2 Å². The molecule has 0 aliphatic carbocycles. The smallest absolute Gasteiger partial charge is 0.278 e. The first-order valence-electron chi connectivity index (χ1n) is 8.92. The highest BCUT2D eigenvalue weighted by Gasteiger charge is 2.40. The third-order valence-electron chi connectivity index (χ3n) is 4.86. The molecule has 0 saturated heterocycles. The van der Waals surface area contributed by atoms with Crippen LogP contribution in [0, 0.1) is 24.0 Å². The highest BCUT2D eigenvalue weighted by molar-refractivity contribution is 6.36. The Kier molecular flexibility index (Phi) is 5.00. The van der Waals surface area contributed by atoms with Crippen LogP contribution in [0.15, 0.2) is 48.2 Å². The molecule has 0 saturated carbocycles. The summed E-state index contributed by atoms with van der Waals surface area (Å²) < 4.78 is 0. The maximum atomic E-state index is 13.0. The van der Waals surface area contributed by atoms with Crippen molar-refractivity contribution in [3.8, 4) is 0 Å². The van der Waals surface area contributed by atoms with Crippen molar-refractivity contribution in [2.24, 2.45) is 0 Å². The molecule has 0 bridgehead atoms. The average molecular weight is 379 g/mol. The monoisotopic (exact) mass is 379 g/mol. The van der Waals surface area contributed by atoms with E-state index >= 15 is 0 Å². The van der Waals surface area contributed by atoms with Gasteiger partial charge < -0.3 is 5.32 Å². The van der Waals surface area contributed by atoms with Crippen molar-refractivity contribution in [2.45, 2.75) is 33.7 Å². The second-order valence-electron chi connectivity index (χ2n) is 7.00. The van der Waals surface area contributed by atoms with Gasteiger partial charge in [0.15, 0.2) is 0 Å². The van der Waals surface area contributed by atoms with Crippen molar-refractivity contribution < 1.29 is 14.5 Å². The van der Waals surface area contributed by atoms with E-state index in [4.69, 9.17) is 0 Å². The molecule has 0 fully saturated rings. The molecule has 1 aliphatic heterocycles. The first-order valence-corrected chi connectivity index (χ1v) is 8.92. The molecule has 0 spiro atoms. The van der Waals surface area contributed by atoms with Gasteiger partial charge in [0.2, 0.25) is 0 Å². The molecule has 0 aromatic heterocycles. The number of nitrogens with zero attached hydrogens (tertiary/aromatic N) is 2. The number of benzene rings is 2. The summed E-state index contributed by atoms with van der Waals surface area (Å²) in [6.45, 7) is 7.44. The molecule has 0 radical (unpaired) electrons. The minimum atomic E-state index is -0.504. The average Bonchev–Trinajstić information content (AvgIpc) is 2.89. The van der Waals surface area contributed by atoms with E-state index in [-0.39, 0.29) is 23.0 Å². The zero-order valence-corrected chi connectivity index (χ0v) is 16.1. The minimum absolute atomic E-state index is 0.0779. The topological polar surface area (TPSA) is 92.6 Å². The van der Waals surface area contributed by atoms with Crippen molar-refractivity contribution in [2.75, 3.05) is 5.32 Å². The highest BCUT2D eigenvalue weighted by Crippen LogP contribution is 2.33. The number of hydrogen-bond acceptors (Lipinski definition) is 5. The second-order valence-corrected chi connectivity index (χ2v) is 7.00. The van der Waals surface area contributed by atoms with Crippen molar-refractivity contribution in [1.82, 2.24) is 4.90 Å². The van der Waals surface area contributed by atoms with Crippen LogP contribution in [-0.2, 0) is 9.59 Å². The summed E-state index contributed by atoms with van der Waals surface area (Å²) in [6, 6.07) is 11.0. The maximum absolute atomic E-state index is 13.0. The van der Waals surface area contributed by atoms with Crippen molar-refractivity contribution in [3.05, 3.63) is 75.0 Å². The number of amides is 2. The number of imide groups is 1. The van der Waals surface area contributed by atoms with E-state index in [1.54, 1.807) is 13.8 Å². The number of hydrogen-bond donors (Lipinski definition) is 1. The molecule has 1 heterocycles. The van der Waals surface area contributed by atoms with Gasteiger partial charge in [0.25, 0.3) is 17.5 Å². The van der Waals surface area contributed by atoms with E-state index in [1.807, 2.05) is 32.0 Å². The first kappa shape index (κ1) is 19.3. The molecule has 0 unspecified atom stereocenters. The van der Waals surface area contributed by atoms with Crippen LogP contribution in [0.1, 0.15) is 30.5 Å². The Balaban J connectivity index is 2.13. The number of carbonyl (C=O) groups is 2. The van der Waals surface area contributed by atoms with Crippen molar-refractivity contribution in [3.63, 3.8) is 0 Å². The number of nitrogens with one attached hydrogen (secondary N) is 1. The Morgan fingerprint density at radius 1 is 1.00 bits per heavy atom. The van der Waals surface area contributed by atoms with Gasteiger partial charge in [-0.1, -0.05) is 12.1 Å². The van der Waals surface area contributed by atoms with Gasteiger partial charge >= 0.3 is 0 Å². The zero-order chi connectivity index (χ0) is 20.6. The fourth-order valence-corrected chi connectivity index (χ4v) is 3.17. The summed E-state index contributed by atoms with van der Waals surface area (Å²) in [5.74, 6) is -0.823. The number of rotatable bonds is 5. The minimum Gasteiger partial charge on any atom is -0.350 e. The van der Waals surface area contributed by atoms with E-state index in [0.717, 1.165) is 16.8 Å². The molecule has 28 heavy (non-hydrogen) atoms. The highest BCUT2D eigenvalue weighted by atomic mass is 16.6. The van der Waals surface area contributed by atoms with Gasteiger partial charge in [-0.2, -0.15) is 0 Å². The van der Waals surface area contributed by atoms with Crippen LogP contribution in [0.4, 0.5) is 11.4 Å². The molecule has 3 rings (SSSR count). The van der Waals surface area contributed by atoms with Crippen molar-refractivity contribution in [1.29, 1.82) is 0 Å². The van der Waals surface area contributed by atoms with Crippen LogP contribution in [0.2, 0.25) is 0 Å². The first-order chi connectivity index (χ1) is 13.2. The predicted octanol–water partition coefficient (Wildman–Crippen LogP) is 3.81. The normalized spacial score (nSPS) is 14.2. The summed E-state index contributed by atoms with van der Waals surface area (Å²) in [6.07, 6.45) is 0. The van der Waals surface area contributed by atoms with Gasteiger partial charge in [-0.3, -0.25) is 24.6 Å². The molecule has 0 atom stereocenters. The summed E-state index contributed by atoms with van der Waals surface area (Å²) in [5, 5.41) is 14.1. The lowest BCUT2D eigenvalue weighted by Crippen LogP contribution is -2.38. The molecule has 2 amide bonds. The van der Waals surface area contributed by atoms with Gasteiger partial charge in [-0.25, -0.2) is 0 Å². The molecule has 2 aromatic carbocycles. The number of aryl methyl sites for hydroxylation is 1. The number of carbonyl (C=O) groups excluding carboxylic acids is 2. The quantitative estimate of drug-likeness (QED) is 0.484. The standard InChI is InChI=1S/C21H21N3O4/c1-12(2)23-20(25)18(15-8-10-16(11-9-15)24(27)28)19(21(23)26)22-17-7-5-6-13(3)14(17)4/h5-12,22H,1-4H3. The molecular formula is C21H21N3O4. The molecule has 2 aromatic rings. The van der Waals surface area contributed by atoms with Crippen LogP contribution in [0.25, 0.3) is 5.57 Å². The summed E-state index contributed by atoms with van der Waals surface area (Å²) in [5.41, 5.74) is 3.55. The van der Waals surface area contributed by atoms with Crippen LogP contribution in [-0.4, -0.2) is 27.7 Å². The van der Waals surface area contributed by atoms with E-state index < -0.39 is 16.7 Å². The van der Waals surface area contributed by atoms with Crippen LogP contribution in [0.3, 0.4) is 0 Å². The largest absolute Gasteiger partial charge is 0.350 e. The molecule has 1 N–H and O–H groups in total. The Morgan fingerprint density at radius 2 is 1.64 bits per heavy atom. The summed E-state index contributed by atoms with van der Waals surface area (Å²) >= 11 is 0. The molecule has 7 nitrogen and oxygen atoms in total.